The zero-order chi connectivity index (χ0) is 7.72. The van der Waals surface area contributed by atoms with Crippen LogP contribution in [0.3, 0.4) is 0 Å². The smallest absolute Gasteiger partial charge is 0.271 e. The summed E-state index contributed by atoms with van der Waals surface area (Å²) < 4.78 is 0. The molecule has 0 aliphatic heterocycles. The standard InChI is InChI=1S/C6H6NO3/c1-2-7-3-4(8)6(10)5(3)9/h7-8H,1-2H2. The molecule has 10 heavy (non-hydrogen) atoms. The van der Waals surface area contributed by atoms with Gasteiger partial charge >= 0.3 is 0 Å². The molecule has 0 saturated carbocycles. The Balaban J connectivity index is 2.99. The highest BCUT2D eigenvalue weighted by Gasteiger charge is 2.18. The molecular formula is C6H6NO3. The van der Waals surface area contributed by atoms with Crippen molar-refractivity contribution in [3.8, 4) is 5.75 Å². The van der Waals surface area contributed by atoms with Gasteiger partial charge in [0.25, 0.3) is 10.9 Å². The Morgan fingerprint density at radius 2 is 2.00 bits per heavy atom. The number of rotatable bonds is 2. The third kappa shape index (κ3) is 0.689. The van der Waals surface area contributed by atoms with Crippen molar-refractivity contribution >= 4 is 5.69 Å². The summed E-state index contributed by atoms with van der Waals surface area (Å²) in [6.07, 6.45) is 0. The van der Waals surface area contributed by atoms with E-state index < -0.39 is 16.6 Å². The predicted molar refractivity (Wildman–Crippen MR) is 36.9 cm³/mol. The van der Waals surface area contributed by atoms with Gasteiger partial charge in [0.05, 0.1) is 0 Å². The third-order valence-electron chi connectivity index (χ3n) is 1.19. The first-order valence-electron chi connectivity index (χ1n) is 2.74. The summed E-state index contributed by atoms with van der Waals surface area (Å²) in [5, 5.41) is 11.2. The van der Waals surface area contributed by atoms with Crippen LogP contribution >= 0.6 is 0 Å². The second-order valence-electron chi connectivity index (χ2n) is 1.81. The molecule has 0 heterocycles. The molecule has 0 amide bonds. The molecule has 0 aliphatic carbocycles. The molecule has 0 unspecified atom stereocenters. The third-order valence-corrected chi connectivity index (χ3v) is 1.19. The molecule has 53 valence electrons. The van der Waals surface area contributed by atoms with Crippen LogP contribution in [0.2, 0.25) is 0 Å². The SMILES string of the molecule is [CH2]CNc1c(O)c(=O)c1=O. The maximum atomic E-state index is 10.5. The van der Waals surface area contributed by atoms with Crippen molar-refractivity contribution in [1.82, 2.24) is 0 Å². The topological polar surface area (TPSA) is 66.4 Å². The summed E-state index contributed by atoms with van der Waals surface area (Å²) >= 11 is 0. The number of aromatic hydroxyl groups is 1. The van der Waals surface area contributed by atoms with Crippen LogP contribution < -0.4 is 16.2 Å². The van der Waals surface area contributed by atoms with E-state index in [9.17, 15) is 9.59 Å². The molecule has 0 aliphatic rings. The number of anilines is 1. The monoisotopic (exact) mass is 140 g/mol. The van der Waals surface area contributed by atoms with Crippen LogP contribution in [0.25, 0.3) is 0 Å². The molecule has 1 rings (SSSR count). The van der Waals surface area contributed by atoms with Gasteiger partial charge in [-0.15, -0.1) is 0 Å². The zero-order valence-electron chi connectivity index (χ0n) is 5.18. The van der Waals surface area contributed by atoms with Crippen LogP contribution in [0.15, 0.2) is 9.59 Å². The minimum atomic E-state index is -0.823. The summed E-state index contributed by atoms with van der Waals surface area (Å²) in [6.45, 7) is 3.66. The normalized spacial score (nSPS) is 10.1. The molecule has 0 atom stereocenters. The molecule has 0 bridgehead atoms. The van der Waals surface area contributed by atoms with E-state index in [1.807, 2.05) is 0 Å². The largest absolute Gasteiger partial charge is 0.502 e. The van der Waals surface area contributed by atoms with Crippen molar-refractivity contribution in [1.29, 1.82) is 0 Å². The first-order chi connectivity index (χ1) is 4.68. The minimum Gasteiger partial charge on any atom is -0.502 e. The molecule has 0 fully saturated rings. The lowest BCUT2D eigenvalue weighted by Crippen LogP contribution is -2.33. The van der Waals surface area contributed by atoms with Gasteiger partial charge in [-0.05, 0) is 6.92 Å². The first kappa shape index (κ1) is 6.80. The van der Waals surface area contributed by atoms with Crippen LogP contribution in [0, 0.1) is 6.92 Å². The number of hydrogen-bond donors (Lipinski definition) is 2. The maximum absolute atomic E-state index is 10.5. The van der Waals surface area contributed by atoms with E-state index in [4.69, 9.17) is 5.11 Å². The lowest BCUT2D eigenvalue weighted by molar-refractivity contribution is 0.465. The van der Waals surface area contributed by atoms with E-state index in [2.05, 4.69) is 12.2 Å². The Morgan fingerprint density at radius 3 is 2.40 bits per heavy atom. The average molecular weight is 140 g/mol. The second-order valence-corrected chi connectivity index (χ2v) is 1.81. The average Bonchev–Trinajstić information content (AvgIpc) is 1.98. The van der Waals surface area contributed by atoms with E-state index in [-0.39, 0.29) is 12.2 Å². The molecule has 1 aromatic carbocycles. The van der Waals surface area contributed by atoms with Gasteiger partial charge in [-0.1, -0.05) is 0 Å². The summed E-state index contributed by atoms with van der Waals surface area (Å²) in [7, 11) is 0. The number of nitrogens with one attached hydrogen (secondary N) is 1. The van der Waals surface area contributed by atoms with E-state index >= 15 is 0 Å². The van der Waals surface area contributed by atoms with Gasteiger partial charge in [-0.2, -0.15) is 0 Å². The Labute approximate surface area is 56.8 Å². The molecule has 0 aromatic heterocycles. The predicted octanol–water partition coefficient (Wildman–Crippen LogP) is -0.766. The van der Waals surface area contributed by atoms with Crippen molar-refractivity contribution in [2.24, 2.45) is 0 Å². The molecule has 4 heteroatoms. The van der Waals surface area contributed by atoms with Crippen molar-refractivity contribution in [3.05, 3.63) is 27.4 Å². The van der Waals surface area contributed by atoms with E-state index in [0.717, 1.165) is 0 Å². The quantitative estimate of drug-likeness (QED) is 0.529. The van der Waals surface area contributed by atoms with Crippen molar-refractivity contribution in [2.45, 2.75) is 0 Å². The van der Waals surface area contributed by atoms with Gasteiger partial charge in [0.15, 0.2) is 5.75 Å². The van der Waals surface area contributed by atoms with E-state index in [1.165, 1.54) is 0 Å². The minimum absolute atomic E-state index is 0.0139. The lowest BCUT2D eigenvalue weighted by atomic mass is 10.2. The fourth-order valence-corrected chi connectivity index (χ4v) is 0.669. The highest BCUT2D eigenvalue weighted by atomic mass is 16.3. The van der Waals surface area contributed by atoms with Gasteiger partial charge in [0, 0.05) is 6.54 Å². The van der Waals surface area contributed by atoms with E-state index in [0.29, 0.717) is 0 Å². The summed E-state index contributed by atoms with van der Waals surface area (Å²) in [5.74, 6) is -0.478. The Bertz CT molecular complexity index is 308. The van der Waals surface area contributed by atoms with Gasteiger partial charge < -0.3 is 10.4 Å². The van der Waals surface area contributed by atoms with Gasteiger partial charge in [0.1, 0.15) is 5.69 Å². The Kier molecular flexibility index (Phi) is 1.45. The van der Waals surface area contributed by atoms with Crippen LogP contribution in [0.1, 0.15) is 0 Å². The van der Waals surface area contributed by atoms with Crippen molar-refractivity contribution in [3.63, 3.8) is 0 Å². The van der Waals surface area contributed by atoms with Gasteiger partial charge in [0.2, 0.25) is 0 Å². The van der Waals surface area contributed by atoms with Crippen LogP contribution in [0.5, 0.6) is 5.75 Å². The van der Waals surface area contributed by atoms with E-state index in [1.54, 1.807) is 0 Å². The van der Waals surface area contributed by atoms with Crippen LogP contribution in [-0.4, -0.2) is 11.7 Å². The summed E-state index contributed by atoms with van der Waals surface area (Å²) in [4.78, 5) is 20.8. The Morgan fingerprint density at radius 1 is 1.40 bits per heavy atom. The number of hydrogen-bond acceptors (Lipinski definition) is 4. The molecule has 0 spiro atoms. The van der Waals surface area contributed by atoms with Gasteiger partial charge in [-0.3, -0.25) is 9.59 Å². The summed E-state index contributed by atoms with van der Waals surface area (Å²) in [6, 6.07) is 0. The fourth-order valence-electron chi connectivity index (χ4n) is 0.669. The molecule has 1 aromatic rings. The Hall–Kier alpha value is -1.32. The fraction of sp³-hybridized carbons (Fsp3) is 0.167. The zero-order valence-corrected chi connectivity index (χ0v) is 5.18. The highest BCUT2D eigenvalue weighted by Crippen LogP contribution is 2.13. The molecule has 1 radical (unpaired) electrons. The van der Waals surface area contributed by atoms with Crippen molar-refractivity contribution in [2.75, 3.05) is 11.9 Å². The van der Waals surface area contributed by atoms with Crippen LogP contribution in [0.4, 0.5) is 5.69 Å². The van der Waals surface area contributed by atoms with Crippen molar-refractivity contribution < 1.29 is 5.11 Å². The molecule has 4 nitrogen and oxygen atoms in total. The van der Waals surface area contributed by atoms with Gasteiger partial charge in [-0.25, -0.2) is 0 Å². The molecular weight excluding hydrogens is 134 g/mol. The molecule has 2 N–H and O–H groups in total. The lowest BCUT2D eigenvalue weighted by Gasteiger charge is -2.04. The molecule has 0 saturated heterocycles. The summed E-state index contributed by atoms with van der Waals surface area (Å²) in [5.41, 5.74) is -1.50. The highest BCUT2D eigenvalue weighted by molar-refractivity contribution is 5.60. The van der Waals surface area contributed by atoms with Crippen LogP contribution in [-0.2, 0) is 0 Å². The first-order valence-corrected chi connectivity index (χ1v) is 2.74. The second kappa shape index (κ2) is 2.13. The maximum Gasteiger partial charge on any atom is 0.271 e.